The molecule has 0 spiro atoms. The summed E-state index contributed by atoms with van der Waals surface area (Å²) in [6.45, 7) is 3.83. The Kier molecular flexibility index (Phi) is 7.60. The average Bonchev–Trinajstić information content (AvgIpc) is 3.20. The van der Waals surface area contributed by atoms with E-state index < -0.39 is 10.0 Å². The Hall–Kier alpha value is -1.81. The number of ether oxygens (including phenoxy) is 1. The van der Waals surface area contributed by atoms with Crippen LogP contribution in [0, 0.1) is 5.92 Å². The van der Waals surface area contributed by atoms with Gasteiger partial charge in [-0.3, -0.25) is 4.79 Å². The molecule has 1 amide bonds. The fourth-order valence-corrected chi connectivity index (χ4v) is 6.90. The predicted molar refractivity (Wildman–Crippen MR) is 126 cm³/mol. The highest BCUT2D eigenvalue weighted by molar-refractivity contribution is 7.89. The summed E-state index contributed by atoms with van der Waals surface area (Å²) in [5.41, 5.74) is 2.08. The number of benzene rings is 1. The van der Waals surface area contributed by atoms with Crippen molar-refractivity contribution in [3.8, 4) is 0 Å². The molecule has 0 bridgehead atoms. The van der Waals surface area contributed by atoms with Crippen molar-refractivity contribution in [3.05, 3.63) is 40.4 Å². The number of nitrogens with one attached hydrogen (secondary N) is 1. The van der Waals surface area contributed by atoms with E-state index in [4.69, 9.17) is 4.74 Å². The van der Waals surface area contributed by atoms with E-state index in [-0.39, 0.29) is 10.8 Å². The summed E-state index contributed by atoms with van der Waals surface area (Å²) in [5, 5.41) is 3.65. The normalized spacial score (nSPS) is 19.5. The number of rotatable bonds is 8. The van der Waals surface area contributed by atoms with Crippen molar-refractivity contribution in [3.63, 3.8) is 0 Å². The zero-order valence-electron chi connectivity index (χ0n) is 18.5. The zero-order valence-corrected chi connectivity index (χ0v) is 20.1. The molecule has 1 aliphatic carbocycles. The molecule has 0 radical (unpaired) electrons. The molecule has 1 aromatic heterocycles. The highest BCUT2D eigenvalue weighted by atomic mass is 32.2. The molecular weight excluding hydrogens is 446 g/mol. The van der Waals surface area contributed by atoms with Crippen LogP contribution in [0.25, 0.3) is 0 Å². The third-order valence-electron chi connectivity index (χ3n) is 6.16. The Bertz CT molecular complexity index is 1030. The fraction of sp³-hybridized carbons (Fsp3) is 0.565. The van der Waals surface area contributed by atoms with Crippen LogP contribution in [0.4, 0.5) is 5.13 Å². The van der Waals surface area contributed by atoms with Crippen molar-refractivity contribution >= 4 is 32.4 Å². The van der Waals surface area contributed by atoms with E-state index in [0.29, 0.717) is 44.3 Å². The number of hydrogen-bond donors (Lipinski definition) is 1. The summed E-state index contributed by atoms with van der Waals surface area (Å²) in [5.74, 6) is 0.678. The molecule has 0 saturated carbocycles. The van der Waals surface area contributed by atoms with E-state index in [0.717, 1.165) is 30.0 Å². The number of aryl methyl sites for hydroxylation is 2. The predicted octanol–water partition coefficient (Wildman–Crippen LogP) is 3.64. The minimum Gasteiger partial charge on any atom is -0.379 e. The zero-order chi connectivity index (χ0) is 22.6. The van der Waals surface area contributed by atoms with Crippen LogP contribution in [-0.2, 0) is 38.8 Å². The van der Waals surface area contributed by atoms with Crippen molar-refractivity contribution in [2.45, 2.75) is 56.8 Å². The maximum atomic E-state index is 12.7. The molecule has 7 nitrogen and oxygen atoms in total. The second kappa shape index (κ2) is 10.4. The van der Waals surface area contributed by atoms with E-state index in [9.17, 15) is 13.2 Å². The van der Waals surface area contributed by atoms with Gasteiger partial charge in [0.05, 0.1) is 23.8 Å². The summed E-state index contributed by atoms with van der Waals surface area (Å²) in [6.07, 6.45) is 6.62. The summed E-state index contributed by atoms with van der Waals surface area (Å²) in [4.78, 5) is 18.7. The summed E-state index contributed by atoms with van der Waals surface area (Å²) < 4.78 is 32.1. The van der Waals surface area contributed by atoms with Gasteiger partial charge in [-0.25, -0.2) is 13.4 Å². The Morgan fingerprint density at radius 2 is 2.00 bits per heavy atom. The number of sulfonamides is 1. The van der Waals surface area contributed by atoms with Gasteiger partial charge in [-0.15, -0.1) is 11.3 Å². The van der Waals surface area contributed by atoms with Gasteiger partial charge < -0.3 is 10.1 Å². The minimum absolute atomic E-state index is 0.0637. The summed E-state index contributed by atoms with van der Waals surface area (Å²) >= 11 is 1.61. The first-order chi connectivity index (χ1) is 15.5. The molecule has 32 heavy (non-hydrogen) atoms. The molecule has 2 aliphatic rings. The lowest BCUT2D eigenvalue weighted by atomic mass is 9.88. The SMILES string of the molecule is CCC[C@H]1CCc2nc(NC(=O)CCc3ccc(S(=O)(=O)N4CCOCC4)cc3)sc2C1. The van der Waals surface area contributed by atoms with Crippen LogP contribution < -0.4 is 5.32 Å². The lowest BCUT2D eigenvalue weighted by Crippen LogP contribution is -2.40. The van der Waals surface area contributed by atoms with E-state index in [1.807, 2.05) is 0 Å². The molecule has 9 heteroatoms. The van der Waals surface area contributed by atoms with Gasteiger partial charge in [-0.2, -0.15) is 4.31 Å². The number of thiazole rings is 1. The number of anilines is 1. The van der Waals surface area contributed by atoms with Crippen molar-refractivity contribution in [1.82, 2.24) is 9.29 Å². The van der Waals surface area contributed by atoms with Crippen LogP contribution in [-0.4, -0.2) is 49.9 Å². The number of carbonyl (C=O) groups excluding carboxylic acids is 1. The van der Waals surface area contributed by atoms with Gasteiger partial charge in [0.15, 0.2) is 5.13 Å². The molecular formula is C23H31N3O4S2. The molecule has 1 N–H and O–H groups in total. The molecule has 2 heterocycles. The Labute approximate surface area is 194 Å². The van der Waals surface area contributed by atoms with Gasteiger partial charge in [0.25, 0.3) is 0 Å². The monoisotopic (exact) mass is 477 g/mol. The van der Waals surface area contributed by atoms with Crippen LogP contribution in [0.15, 0.2) is 29.2 Å². The van der Waals surface area contributed by atoms with Crippen molar-refractivity contribution < 1.29 is 17.9 Å². The lowest BCUT2D eigenvalue weighted by molar-refractivity contribution is -0.116. The smallest absolute Gasteiger partial charge is 0.243 e. The van der Waals surface area contributed by atoms with E-state index in [1.165, 1.54) is 28.4 Å². The lowest BCUT2D eigenvalue weighted by Gasteiger charge is -2.26. The van der Waals surface area contributed by atoms with Crippen molar-refractivity contribution in [2.24, 2.45) is 5.92 Å². The average molecular weight is 478 g/mol. The number of amides is 1. The highest BCUT2D eigenvalue weighted by Crippen LogP contribution is 2.34. The standard InChI is InChI=1S/C23H31N3O4S2/c1-2-3-18-6-10-20-21(16-18)31-23(24-20)25-22(27)11-7-17-4-8-19(9-5-17)32(28,29)26-12-14-30-15-13-26/h4-5,8-9,18H,2-3,6-7,10-16H2,1H3,(H,24,25,27)/t18-/m0/s1. The van der Waals surface area contributed by atoms with Gasteiger partial charge in [0.2, 0.25) is 15.9 Å². The largest absolute Gasteiger partial charge is 0.379 e. The summed E-state index contributed by atoms with van der Waals surface area (Å²) in [6, 6.07) is 6.83. The quantitative estimate of drug-likeness (QED) is 0.627. The van der Waals surface area contributed by atoms with Gasteiger partial charge >= 0.3 is 0 Å². The molecule has 174 valence electrons. The van der Waals surface area contributed by atoms with Crippen LogP contribution in [0.2, 0.25) is 0 Å². The number of carbonyl (C=O) groups is 1. The maximum Gasteiger partial charge on any atom is 0.243 e. The molecule has 1 aromatic carbocycles. The van der Waals surface area contributed by atoms with E-state index in [2.05, 4.69) is 17.2 Å². The first-order valence-electron chi connectivity index (χ1n) is 11.4. The summed E-state index contributed by atoms with van der Waals surface area (Å²) in [7, 11) is -3.49. The van der Waals surface area contributed by atoms with Gasteiger partial charge in [-0.1, -0.05) is 31.9 Å². The first kappa shape index (κ1) is 23.4. The fourth-order valence-electron chi connectivity index (χ4n) is 4.36. The van der Waals surface area contributed by atoms with Gasteiger partial charge in [0, 0.05) is 24.4 Å². The molecule has 1 fully saturated rings. The number of hydrogen-bond acceptors (Lipinski definition) is 6. The maximum absolute atomic E-state index is 12.7. The topological polar surface area (TPSA) is 88.6 Å². The van der Waals surface area contributed by atoms with Crippen LogP contribution in [0.3, 0.4) is 0 Å². The molecule has 1 atom stereocenters. The van der Waals surface area contributed by atoms with Crippen molar-refractivity contribution in [2.75, 3.05) is 31.6 Å². The minimum atomic E-state index is -3.49. The molecule has 4 rings (SSSR count). The van der Waals surface area contributed by atoms with E-state index >= 15 is 0 Å². The van der Waals surface area contributed by atoms with Crippen LogP contribution in [0.1, 0.15) is 48.7 Å². The number of nitrogens with zero attached hydrogens (tertiary/aromatic N) is 2. The Balaban J connectivity index is 1.29. The van der Waals surface area contributed by atoms with Gasteiger partial charge in [0.1, 0.15) is 0 Å². The second-order valence-electron chi connectivity index (χ2n) is 8.49. The third-order valence-corrected chi connectivity index (χ3v) is 9.11. The first-order valence-corrected chi connectivity index (χ1v) is 13.7. The van der Waals surface area contributed by atoms with Crippen LogP contribution >= 0.6 is 11.3 Å². The molecule has 1 aliphatic heterocycles. The van der Waals surface area contributed by atoms with Crippen LogP contribution in [0.5, 0.6) is 0 Å². The second-order valence-corrected chi connectivity index (χ2v) is 11.5. The Morgan fingerprint density at radius 1 is 1.25 bits per heavy atom. The van der Waals surface area contributed by atoms with Gasteiger partial charge in [-0.05, 0) is 49.3 Å². The molecule has 1 saturated heterocycles. The number of aromatic nitrogens is 1. The van der Waals surface area contributed by atoms with Crippen molar-refractivity contribution in [1.29, 1.82) is 0 Å². The highest BCUT2D eigenvalue weighted by Gasteiger charge is 2.26. The number of fused-ring (bicyclic) bond motifs is 1. The third kappa shape index (κ3) is 5.57. The number of morpholine rings is 1. The Morgan fingerprint density at radius 3 is 2.72 bits per heavy atom. The molecule has 0 unspecified atom stereocenters. The molecule has 2 aromatic rings. The van der Waals surface area contributed by atoms with E-state index in [1.54, 1.807) is 35.6 Å².